The van der Waals surface area contributed by atoms with Crippen LogP contribution in [0.3, 0.4) is 0 Å². The average molecular weight is 249 g/mol. The van der Waals surface area contributed by atoms with Crippen LogP contribution >= 0.6 is 11.3 Å². The predicted octanol–water partition coefficient (Wildman–Crippen LogP) is 1.72. The van der Waals surface area contributed by atoms with Crippen LogP contribution in [0.2, 0.25) is 0 Å². The van der Waals surface area contributed by atoms with Gasteiger partial charge in [0.15, 0.2) is 0 Å². The number of rotatable bonds is 1. The van der Waals surface area contributed by atoms with E-state index in [1.165, 1.54) is 17.8 Å². The van der Waals surface area contributed by atoms with Crippen LogP contribution in [0.1, 0.15) is 34.5 Å². The summed E-state index contributed by atoms with van der Waals surface area (Å²) in [7, 11) is 0. The van der Waals surface area contributed by atoms with Gasteiger partial charge in [0, 0.05) is 18.7 Å². The molecule has 0 atom stereocenters. The lowest BCUT2D eigenvalue weighted by Gasteiger charge is -2.26. The topological polar surface area (TPSA) is 40.5 Å². The van der Waals surface area contributed by atoms with Crippen molar-refractivity contribution in [2.45, 2.75) is 19.3 Å². The Bertz CT molecular complexity index is 449. The fraction of sp³-hybridized carbons (Fsp3) is 0.462. The zero-order chi connectivity index (χ0) is 12.1. The van der Waals surface area contributed by atoms with E-state index < -0.39 is 0 Å². The quantitative estimate of drug-likeness (QED) is 0.770. The van der Waals surface area contributed by atoms with Gasteiger partial charge in [-0.2, -0.15) is 0 Å². The Labute approximate surface area is 105 Å². The molecule has 0 unspecified atom stereocenters. The largest absolute Gasteiger partial charge is 0.384 e. The van der Waals surface area contributed by atoms with Gasteiger partial charge in [-0.25, -0.2) is 0 Å². The van der Waals surface area contributed by atoms with E-state index in [9.17, 15) is 4.79 Å². The molecule has 1 aromatic rings. The van der Waals surface area contributed by atoms with Gasteiger partial charge in [0.1, 0.15) is 11.5 Å². The fourth-order valence-corrected chi connectivity index (χ4v) is 2.76. The monoisotopic (exact) mass is 249 g/mol. The van der Waals surface area contributed by atoms with Gasteiger partial charge in [-0.3, -0.25) is 4.79 Å². The van der Waals surface area contributed by atoms with Gasteiger partial charge in [-0.15, -0.1) is 11.3 Å². The molecule has 1 N–H and O–H groups in total. The van der Waals surface area contributed by atoms with E-state index in [4.69, 9.17) is 5.11 Å². The van der Waals surface area contributed by atoms with Crippen LogP contribution in [0, 0.1) is 11.8 Å². The SMILES string of the molecule is O=C(c1sccc1C#CCO)N1CCCCC1. The van der Waals surface area contributed by atoms with E-state index in [0.717, 1.165) is 31.5 Å². The van der Waals surface area contributed by atoms with Crippen molar-refractivity contribution < 1.29 is 9.90 Å². The lowest BCUT2D eigenvalue weighted by Crippen LogP contribution is -2.35. The van der Waals surface area contributed by atoms with E-state index in [2.05, 4.69) is 11.8 Å². The number of carbonyl (C=O) groups is 1. The molecular weight excluding hydrogens is 234 g/mol. The zero-order valence-corrected chi connectivity index (χ0v) is 10.4. The molecule has 17 heavy (non-hydrogen) atoms. The Kier molecular flexibility index (Phi) is 4.18. The first kappa shape index (κ1) is 12.2. The summed E-state index contributed by atoms with van der Waals surface area (Å²) in [5.41, 5.74) is 0.736. The molecule has 3 nitrogen and oxygen atoms in total. The molecule has 1 aliphatic rings. The molecule has 2 rings (SSSR count). The second-order valence-corrected chi connectivity index (χ2v) is 4.89. The maximum Gasteiger partial charge on any atom is 0.265 e. The van der Waals surface area contributed by atoms with Crippen LogP contribution in [0.25, 0.3) is 0 Å². The molecule has 1 amide bonds. The number of hydrogen-bond donors (Lipinski definition) is 1. The molecule has 0 aliphatic carbocycles. The molecule has 1 fully saturated rings. The van der Waals surface area contributed by atoms with Crippen molar-refractivity contribution in [3.63, 3.8) is 0 Å². The second kappa shape index (κ2) is 5.85. The van der Waals surface area contributed by atoms with Gasteiger partial charge in [0.05, 0.1) is 0 Å². The molecule has 0 saturated carbocycles. The summed E-state index contributed by atoms with van der Waals surface area (Å²) >= 11 is 1.43. The third-order valence-electron chi connectivity index (χ3n) is 2.80. The van der Waals surface area contributed by atoms with Gasteiger partial charge in [0.2, 0.25) is 0 Å². The van der Waals surface area contributed by atoms with Crippen molar-refractivity contribution in [1.82, 2.24) is 4.90 Å². The molecule has 4 heteroatoms. The first-order chi connectivity index (χ1) is 8.33. The molecule has 0 radical (unpaired) electrons. The number of aliphatic hydroxyl groups is 1. The van der Waals surface area contributed by atoms with E-state index in [1.807, 2.05) is 16.3 Å². The van der Waals surface area contributed by atoms with Crippen molar-refractivity contribution in [2.24, 2.45) is 0 Å². The first-order valence-electron chi connectivity index (χ1n) is 5.79. The molecule has 1 saturated heterocycles. The van der Waals surface area contributed by atoms with Crippen molar-refractivity contribution in [3.05, 3.63) is 21.9 Å². The molecule has 0 aromatic carbocycles. The maximum atomic E-state index is 12.3. The molecule has 0 bridgehead atoms. The lowest BCUT2D eigenvalue weighted by atomic mass is 10.1. The molecule has 2 heterocycles. The molecule has 0 spiro atoms. The van der Waals surface area contributed by atoms with Crippen LogP contribution in [-0.2, 0) is 0 Å². The van der Waals surface area contributed by atoms with E-state index in [-0.39, 0.29) is 12.5 Å². The summed E-state index contributed by atoms with van der Waals surface area (Å²) in [6, 6.07) is 1.84. The number of hydrogen-bond acceptors (Lipinski definition) is 3. The van der Waals surface area contributed by atoms with Gasteiger partial charge in [-0.1, -0.05) is 11.8 Å². The van der Waals surface area contributed by atoms with Crippen LogP contribution < -0.4 is 0 Å². The number of thiophene rings is 1. The van der Waals surface area contributed by atoms with E-state index >= 15 is 0 Å². The van der Waals surface area contributed by atoms with Crippen molar-refractivity contribution in [2.75, 3.05) is 19.7 Å². The molecule has 1 aromatic heterocycles. The number of aliphatic hydroxyl groups excluding tert-OH is 1. The number of nitrogens with zero attached hydrogens (tertiary/aromatic N) is 1. The number of likely N-dealkylation sites (tertiary alicyclic amines) is 1. The Morgan fingerprint density at radius 2 is 2.18 bits per heavy atom. The highest BCUT2D eigenvalue weighted by Gasteiger charge is 2.21. The Balaban J connectivity index is 2.15. The molecule has 90 valence electrons. The molecule has 1 aliphatic heterocycles. The highest BCUT2D eigenvalue weighted by atomic mass is 32.1. The van der Waals surface area contributed by atoms with Crippen molar-refractivity contribution in [1.29, 1.82) is 0 Å². The summed E-state index contributed by atoms with van der Waals surface area (Å²) < 4.78 is 0. The van der Waals surface area contributed by atoms with E-state index in [1.54, 1.807) is 0 Å². The minimum atomic E-state index is -0.173. The third kappa shape index (κ3) is 2.87. The number of amides is 1. The highest BCUT2D eigenvalue weighted by molar-refractivity contribution is 7.12. The highest BCUT2D eigenvalue weighted by Crippen LogP contribution is 2.20. The predicted molar refractivity (Wildman–Crippen MR) is 68.0 cm³/mol. The summed E-state index contributed by atoms with van der Waals surface area (Å²) in [6.45, 7) is 1.53. The normalized spacial score (nSPS) is 15.2. The minimum Gasteiger partial charge on any atom is -0.384 e. The molecular formula is C13H15NO2S. The second-order valence-electron chi connectivity index (χ2n) is 3.98. The minimum absolute atomic E-state index is 0.0851. The average Bonchev–Trinajstić information content (AvgIpc) is 2.84. The number of piperidine rings is 1. The first-order valence-corrected chi connectivity index (χ1v) is 6.67. The fourth-order valence-electron chi connectivity index (χ4n) is 1.95. The summed E-state index contributed by atoms with van der Waals surface area (Å²) in [5.74, 6) is 5.50. The van der Waals surface area contributed by atoms with E-state index in [0.29, 0.717) is 4.88 Å². The lowest BCUT2D eigenvalue weighted by molar-refractivity contribution is 0.0729. The smallest absolute Gasteiger partial charge is 0.265 e. The Morgan fingerprint density at radius 3 is 2.88 bits per heavy atom. The summed E-state index contributed by atoms with van der Waals surface area (Å²) in [5, 5.41) is 10.6. The van der Waals surface area contributed by atoms with Gasteiger partial charge in [-0.05, 0) is 30.7 Å². The van der Waals surface area contributed by atoms with Crippen LogP contribution in [0.4, 0.5) is 0 Å². The zero-order valence-electron chi connectivity index (χ0n) is 9.61. The van der Waals surface area contributed by atoms with Crippen LogP contribution in [0.15, 0.2) is 11.4 Å². The Morgan fingerprint density at radius 1 is 1.41 bits per heavy atom. The van der Waals surface area contributed by atoms with Crippen molar-refractivity contribution >= 4 is 17.2 Å². The standard InChI is InChI=1S/C13H15NO2S/c15-9-4-5-11-6-10-17-12(11)13(16)14-7-2-1-3-8-14/h6,10,15H,1-3,7-9H2. The van der Waals surface area contributed by atoms with Crippen molar-refractivity contribution in [3.8, 4) is 11.8 Å². The van der Waals surface area contributed by atoms with Gasteiger partial charge < -0.3 is 10.0 Å². The van der Waals surface area contributed by atoms with Crippen LogP contribution in [0.5, 0.6) is 0 Å². The maximum absolute atomic E-state index is 12.3. The summed E-state index contributed by atoms with van der Waals surface area (Å²) in [6.07, 6.45) is 3.40. The third-order valence-corrected chi connectivity index (χ3v) is 3.71. The number of carbonyl (C=O) groups excluding carboxylic acids is 1. The summed E-state index contributed by atoms with van der Waals surface area (Å²) in [4.78, 5) is 14.9. The van der Waals surface area contributed by atoms with Gasteiger partial charge in [0.25, 0.3) is 5.91 Å². The van der Waals surface area contributed by atoms with Gasteiger partial charge >= 0.3 is 0 Å². The Hall–Kier alpha value is -1.31. The van der Waals surface area contributed by atoms with Crippen LogP contribution in [-0.4, -0.2) is 35.6 Å².